The Morgan fingerprint density at radius 2 is 2.09 bits per heavy atom. The van der Waals surface area contributed by atoms with Crippen LogP contribution in [0.1, 0.15) is 31.9 Å². The van der Waals surface area contributed by atoms with E-state index in [1.54, 1.807) is 0 Å². The van der Waals surface area contributed by atoms with E-state index < -0.39 is 5.91 Å². The topological polar surface area (TPSA) is 96.1 Å². The summed E-state index contributed by atoms with van der Waals surface area (Å²) < 4.78 is 0. The Balaban J connectivity index is 1.76. The number of thiophene rings is 1. The fourth-order valence-corrected chi connectivity index (χ4v) is 3.99. The second kappa shape index (κ2) is 5.79. The summed E-state index contributed by atoms with van der Waals surface area (Å²) in [6, 6.07) is 9.74. The second-order valence-corrected chi connectivity index (χ2v) is 6.51. The number of nitrogen functional groups attached to an aromatic ring is 1. The van der Waals surface area contributed by atoms with Gasteiger partial charge in [-0.2, -0.15) is 5.26 Å². The molecular weight excluding hydrogens is 296 g/mol. The molecule has 1 aliphatic heterocycles. The van der Waals surface area contributed by atoms with Crippen molar-refractivity contribution in [2.75, 3.05) is 12.3 Å². The number of anilines is 1. The molecule has 6 heteroatoms. The number of amides is 1. The van der Waals surface area contributed by atoms with Gasteiger partial charge in [0.2, 0.25) is 0 Å². The number of hydrogen-bond acceptors (Lipinski definition) is 5. The van der Waals surface area contributed by atoms with E-state index in [9.17, 15) is 4.79 Å². The lowest BCUT2D eigenvalue weighted by molar-refractivity contribution is 0.1000. The predicted molar refractivity (Wildman–Crippen MR) is 86.2 cm³/mol. The number of nitrogens with zero attached hydrogens (tertiary/aromatic N) is 2. The van der Waals surface area contributed by atoms with Gasteiger partial charge in [0, 0.05) is 24.5 Å². The molecule has 5 nitrogen and oxygen atoms in total. The predicted octanol–water partition coefficient (Wildman–Crippen LogP) is 1.86. The first kappa shape index (κ1) is 14.6. The number of carbonyl (C=O) groups is 1. The van der Waals surface area contributed by atoms with Gasteiger partial charge in [-0.05, 0) is 29.7 Å². The number of primary amides is 1. The summed E-state index contributed by atoms with van der Waals surface area (Å²) in [6.45, 7) is 2.45. The van der Waals surface area contributed by atoms with Crippen LogP contribution in [0.5, 0.6) is 0 Å². The molecule has 0 bridgehead atoms. The molecule has 3 rings (SSSR count). The number of hydrogen-bond donors (Lipinski definition) is 2. The van der Waals surface area contributed by atoms with E-state index in [1.807, 2.05) is 24.3 Å². The van der Waals surface area contributed by atoms with E-state index in [1.165, 1.54) is 16.9 Å². The third-order valence-corrected chi connectivity index (χ3v) is 4.94. The summed E-state index contributed by atoms with van der Waals surface area (Å²) >= 11 is 1.46. The second-order valence-electron chi connectivity index (χ2n) is 5.38. The molecule has 1 aromatic heterocycles. The highest BCUT2D eigenvalue weighted by Crippen LogP contribution is 2.35. The Kier molecular flexibility index (Phi) is 3.84. The van der Waals surface area contributed by atoms with Crippen molar-refractivity contribution in [3.8, 4) is 6.07 Å². The molecular formula is C16H16N4OS. The van der Waals surface area contributed by atoms with Crippen molar-refractivity contribution in [3.63, 3.8) is 0 Å². The lowest BCUT2D eigenvalue weighted by Gasteiger charge is -2.27. The number of fused-ring (bicyclic) bond motifs is 1. The van der Waals surface area contributed by atoms with Gasteiger partial charge in [0.05, 0.1) is 22.2 Å². The highest BCUT2D eigenvalue weighted by molar-refractivity contribution is 7.16. The first-order valence-electron chi connectivity index (χ1n) is 6.99. The minimum absolute atomic E-state index is 0.435. The molecule has 22 heavy (non-hydrogen) atoms. The highest BCUT2D eigenvalue weighted by Gasteiger charge is 2.25. The SMILES string of the molecule is N#Cc1ccc(CN2CCc3c(sc(N)c3C(N)=O)C2)cc1. The van der Waals surface area contributed by atoms with Gasteiger partial charge in [-0.15, -0.1) is 11.3 Å². The minimum Gasteiger partial charge on any atom is -0.390 e. The van der Waals surface area contributed by atoms with Gasteiger partial charge < -0.3 is 11.5 Å². The molecule has 2 heterocycles. The molecule has 4 N–H and O–H groups in total. The van der Waals surface area contributed by atoms with Crippen LogP contribution in [-0.4, -0.2) is 17.4 Å². The van der Waals surface area contributed by atoms with Crippen LogP contribution in [0, 0.1) is 11.3 Å². The molecule has 0 saturated heterocycles. The van der Waals surface area contributed by atoms with E-state index in [2.05, 4.69) is 11.0 Å². The fraction of sp³-hybridized carbons (Fsp3) is 0.250. The summed E-state index contributed by atoms with van der Waals surface area (Å²) in [4.78, 5) is 14.9. The number of rotatable bonds is 3. The minimum atomic E-state index is -0.435. The van der Waals surface area contributed by atoms with E-state index in [0.29, 0.717) is 16.1 Å². The molecule has 1 amide bonds. The first-order chi connectivity index (χ1) is 10.6. The molecule has 0 atom stereocenters. The summed E-state index contributed by atoms with van der Waals surface area (Å²) in [5, 5.41) is 9.35. The van der Waals surface area contributed by atoms with Crippen molar-refractivity contribution in [3.05, 3.63) is 51.4 Å². The van der Waals surface area contributed by atoms with E-state index in [4.69, 9.17) is 16.7 Å². The van der Waals surface area contributed by atoms with Crippen LogP contribution in [0.2, 0.25) is 0 Å². The molecule has 0 radical (unpaired) electrons. The van der Waals surface area contributed by atoms with Gasteiger partial charge >= 0.3 is 0 Å². The molecule has 0 aliphatic carbocycles. The van der Waals surface area contributed by atoms with E-state index in [0.717, 1.165) is 36.5 Å². The maximum atomic E-state index is 11.5. The van der Waals surface area contributed by atoms with Crippen LogP contribution < -0.4 is 11.5 Å². The van der Waals surface area contributed by atoms with Gasteiger partial charge in [-0.25, -0.2) is 0 Å². The fourth-order valence-electron chi connectivity index (χ4n) is 2.83. The van der Waals surface area contributed by atoms with Gasteiger partial charge in [0.25, 0.3) is 5.91 Å². The van der Waals surface area contributed by atoms with Gasteiger partial charge in [0.1, 0.15) is 0 Å². The number of carbonyl (C=O) groups excluding carboxylic acids is 1. The zero-order valence-electron chi connectivity index (χ0n) is 12.0. The Hall–Kier alpha value is -2.36. The zero-order valence-corrected chi connectivity index (χ0v) is 12.8. The van der Waals surface area contributed by atoms with Crippen molar-refractivity contribution in [2.45, 2.75) is 19.5 Å². The highest BCUT2D eigenvalue weighted by atomic mass is 32.1. The maximum absolute atomic E-state index is 11.5. The number of nitriles is 1. The molecule has 1 aromatic carbocycles. The van der Waals surface area contributed by atoms with Crippen LogP contribution in [0.3, 0.4) is 0 Å². The van der Waals surface area contributed by atoms with E-state index in [-0.39, 0.29) is 0 Å². The van der Waals surface area contributed by atoms with Gasteiger partial charge in [0.15, 0.2) is 0 Å². The Bertz CT molecular complexity index is 758. The third-order valence-electron chi connectivity index (χ3n) is 3.90. The summed E-state index contributed by atoms with van der Waals surface area (Å²) in [7, 11) is 0. The normalized spacial score (nSPS) is 14.3. The quantitative estimate of drug-likeness (QED) is 0.904. The summed E-state index contributed by atoms with van der Waals surface area (Å²) in [5.41, 5.74) is 14.7. The average Bonchev–Trinajstić information content (AvgIpc) is 2.83. The van der Waals surface area contributed by atoms with Crippen LogP contribution in [-0.2, 0) is 19.5 Å². The lowest BCUT2D eigenvalue weighted by atomic mass is 10.0. The Labute approximate surface area is 132 Å². The summed E-state index contributed by atoms with van der Waals surface area (Å²) in [6.07, 6.45) is 0.789. The van der Waals surface area contributed by atoms with Crippen molar-refractivity contribution in [1.82, 2.24) is 4.90 Å². The van der Waals surface area contributed by atoms with Gasteiger partial charge in [-0.1, -0.05) is 12.1 Å². The first-order valence-corrected chi connectivity index (χ1v) is 7.81. The average molecular weight is 312 g/mol. The Morgan fingerprint density at radius 3 is 2.73 bits per heavy atom. The number of benzene rings is 1. The maximum Gasteiger partial charge on any atom is 0.251 e. The molecule has 0 unspecified atom stereocenters. The van der Waals surface area contributed by atoms with Crippen LogP contribution in [0.4, 0.5) is 5.00 Å². The smallest absolute Gasteiger partial charge is 0.251 e. The third kappa shape index (κ3) is 2.69. The van der Waals surface area contributed by atoms with E-state index >= 15 is 0 Å². The Morgan fingerprint density at radius 1 is 1.36 bits per heavy atom. The molecule has 2 aromatic rings. The zero-order chi connectivity index (χ0) is 15.7. The van der Waals surface area contributed by atoms with Crippen molar-refractivity contribution in [1.29, 1.82) is 5.26 Å². The number of nitrogens with two attached hydrogens (primary N) is 2. The molecule has 0 saturated carbocycles. The van der Waals surface area contributed by atoms with Crippen LogP contribution in [0.15, 0.2) is 24.3 Å². The van der Waals surface area contributed by atoms with Crippen LogP contribution in [0.25, 0.3) is 0 Å². The van der Waals surface area contributed by atoms with Crippen molar-refractivity contribution < 1.29 is 4.79 Å². The standard InChI is InChI=1S/C16H16N4OS/c17-7-10-1-3-11(4-2-10)8-20-6-5-12-13(9-20)22-16(19)14(12)15(18)21/h1-4H,5-6,8-9,19H2,(H2,18,21). The monoisotopic (exact) mass is 312 g/mol. The lowest BCUT2D eigenvalue weighted by Crippen LogP contribution is -2.30. The molecule has 0 fully saturated rings. The van der Waals surface area contributed by atoms with Crippen LogP contribution >= 0.6 is 11.3 Å². The molecule has 0 spiro atoms. The van der Waals surface area contributed by atoms with Crippen molar-refractivity contribution >= 4 is 22.2 Å². The largest absolute Gasteiger partial charge is 0.390 e. The summed E-state index contributed by atoms with van der Waals surface area (Å²) in [5.74, 6) is -0.435. The molecule has 112 valence electrons. The molecule has 1 aliphatic rings. The van der Waals surface area contributed by atoms with Crippen molar-refractivity contribution in [2.24, 2.45) is 5.73 Å². The van der Waals surface area contributed by atoms with Gasteiger partial charge in [-0.3, -0.25) is 9.69 Å².